The highest BCUT2D eigenvalue weighted by Crippen LogP contribution is 2.37. The van der Waals surface area contributed by atoms with Crippen molar-refractivity contribution in [3.8, 4) is 5.75 Å². The van der Waals surface area contributed by atoms with Crippen LogP contribution in [0, 0.1) is 0 Å². The van der Waals surface area contributed by atoms with Crippen molar-refractivity contribution in [2.24, 2.45) is 5.73 Å². The third-order valence-electron chi connectivity index (χ3n) is 2.24. The van der Waals surface area contributed by atoms with Crippen LogP contribution in [0.4, 0.5) is 5.69 Å². The minimum absolute atomic E-state index is 0.00968. The lowest BCUT2D eigenvalue weighted by Crippen LogP contribution is -2.10. The van der Waals surface area contributed by atoms with Gasteiger partial charge in [0.15, 0.2) is 0 Å². The summed E-state index contributed by atoms with van der Waals surface area (Å²) in [6, 6.07) is 2.98. The van der Waals surface area contributed by atoms with Gasteiger partial charge in [0.1, 0.15) is 17.9 Å². The summed E-state index contributed by atoms with van der Waals surface area (Å²) in [5.74, 6) is -0.779. The number of anilines is 1. The monoisotopic (exact) mass is 194 g/mol. The summed E-state index contributed by atoms with van der Waals surface area (Å²) >= 11 is 0. The Kier molecular flexibility index (Phi) is 1.82. The minimum Gasteiger partial charge on any atom is -0.490 e. The third-order valence-corrected chi connectivity index (χ3v) is 2.24. The first-order valence-corrected chi connectivity index (χ1v) is 4.15. The molecular weight excluding hydrogens is 184 g/mol. The lowest BCUT2D eigenvalue weighted by molar-refractivity contribution is 0.0694. The van der Waals surface area contributed by atoms with Gasteiger partial charge in [-0.05, 0) is 6.07 Å². The number of hydrogen-bond donors (Lipinski definition) is 3. The number of carboxylic acids is 1. The first-order chi connectivity index (χ1) is 6.61. The molecule has 5 N–H and O–H groups in total. The molecule has 0 radical (unpaired) electrons. The van der Waals surface area contributed by atoms with E-state index in [1.54, 1.807) is 6.07 Å². The van der Waals surface area contributed by atoms with Gasteiger partial charge in [0.2, 0.25) is 0 Å². The van der Waals surface area contributed by atoms with Crippen LogP contribution in [0.2, 0.25) is 0 Å². The van der Waals surface area contributed by atoms with Crippen molar-refractivity contribution in [2.75, 3.05) is 12.3 Å². The van der Waals surface area contributed by atoms with E-state index in [2.05, 4.69) is 0 Å². The maximum atomic E-state index is 10.9. The molecule has 1 aromatic rings. The standard InChI is InChI=1S/C9H10N2O3/c10-5-2-1-4-6(11)3-14-8(4)7(5)9(12)13/h1-2,6H,3,10-11H2,(H,12,13). The summed E-state index contributed by atoms with van der Waals surface area (Å²) in [6.45, 7) is 0.305. The Morgan fingerprint density at radius 3 is 2.93 bits per heavy atom. The molecule has 14 heavy (non-hydrogen) atoms. The third kappa shape index (κ3) is 1.10. The number of nitrogen functional groups attached to an aromatic ring is 1. The average molecular weight is 194 g/mol. The molecule has 1 aliphatic heterocycles. The fourth-order valence-corrected chi connectivity index (χ4v) is 1.54. The van der Waals surface area contributed by atoms with E-state index >= 15 is 0 Å². The summed E-state index contributed by atoms with van der Waals surface area (Å²) in [6.07, 6.45) is 0. The first kappa shape index (κ1) is 8.83. The molecular formula is C9H10N2O3. The zero-order valence-electron chi connectivity index (χ0n) is 7.36. The van der Waals surface area contributed by atoms with E-state index in [-0.39, 0.29) is 17.3 Å². The number of fused-ring (bicyclic) bond motifs is 1. The molecule has 0 aromatic heterocycles. The largest absolute Gasteiger partial charge is 0.490 e. The van der Waals surface area contributed by atoms with Crippen molar-refractivity contribution in [1.29, 1.82) is 0 Å². The topological polar surface area (TPSA) is 98.6 Å². The molecule has 0 saturated carbocycles. The van der Waals surface area contributed by atoms with E-state index in [0.29, 0.717) is 17.9 Å². The number of hydrogen-bond acceptors (Lipinski definition) is 4. The molecule has 2 rings (SSSR count). The van der Waals surface area contributed by atoms with Crippen molar-refractivity contribution < 1.29 is 14.6 Å². The van der Waals surface area contributed by atoms with Gasteiger partial charge in [-0.15, -0.1) is 0 Å². The molecule has 1 atom stereocenters. The molecule has 0 aliphatic carbocycles. The van der Waals surface area contributed by atoms with Crippen molar-refractivity contribution in [3.05, 3.63) is 23.3 Å². The smallest absolute Gasteiger partial charge is 0.341 e. The molecule has 0 saturated heterocycles. The number of nitrogens with two attached hydrogens (primary N) is 2. The Balaban J connectivity index is 2.65. The fraction of sp³-hybridized carbons (Fsp3) is 0.222. The van der Waals surface area contributed by atoms with E-state index in [4.69, 9.17) is 21.3 Å². The normalized spacial score (nSPS) is 18.8. The van der Waals surface area contributed by atoms with Crippen molar-refractivity contribution in [1.82, 2.24) is 0 Å². The van der Waals surface area contributed by atoms with Crippen LogP contribution in [0.25, 0.3) is 0 Å². The number of benzene rings is 1. The van der Waals surface area contributed by atoms with Crippen LogP contribution >= 0.6 is 0 Å². The average Bonchev–Trinajstić information content (AvgIpc) is 2.47. The van der Waals surface area contributed by atoms with Crippen LogP contribution in [-0.4, -0.2) is 17.7 Å². The van der Waals surface area contributed by atoms with E-state index in [9.17, 15) is 4.79 Å². The van der Waals surface area contributed by atoms with Crippen LogP contribution < -0.4 is 16.2 Å². The molecule has 5 nitrogen and oxygen atoms in total. The van der Waals surface area contributed by atoms with Crippen molar-refractivity contribution >= 4 is 11.7 Å². The van der Waals surface area contributed by atoms with E-state index < -0.39 is 5.97 Å². The van der Waals surface area contributed by atoms with E-state index in [1.807, 2.05) is 0 Å². The number of aromatic carboxylic acids is 1. The Hall–Kier alpha value is -1.75. The van der Waals surface area contributed by atoms with E-state index in [0.717, 1.165) is 0 Å². The van der Waals surface area contributed by atoms with Crippen LogP contribution in [0.15, 0.2) is 12.1 Å². The zero-order chi connectivity index (χ0) is 10.3. The lowest BCUT2D eigenvalue weighted by Gasteiger charge is -2.06. The number of carbonyl (C=O) groups is 1. The van der Waals surface area contributed by atoms with Crippen LogP contribution in [0.1, 0.15) is 22.0 Å². The van der Waals surface area contributed by atoms with Gasteiger partial charge in [-0.3, -0.25) is 0 Å². The van der Waals surface area contributed by atoms with Gasteiger partial charge in [-0.25, -0.2) is 4.79 Å². The predicted molar refractivity (Wildman–Crippen MR) is 50.2 cm³/mol. The Morgan fingerprint density at radius 1 is 1.57 bits per heavy atom. The van der Waals surface area contributed by atoms with Gasteiger partial charge in [0, 0.05) is 11.3 Å². The van der Waals surface area contributed by atoms with Gasteiger partial charge in [-0.1, -0.05) is 6.07 Å². The highest BCUT2D eigenvalue weighted by molar-refractivity contribution is 5.97. The summed E-state index contributed by atoms with van der Waals surface area (Å²) in [4.78, 5) is 10.9. The maximum Gasteiger partial charge on any atom is 0.341 e. The fourth-order valence-electron chi connectivity index (χ4n) is 1.54. The quantitative estimate of drug-likeness (QED) is 0.560. The second-order valence-corrected chi connectivity index (χ2v) is 3.17. The molecule has 0 amide bonds. The SMILES string of the molecule is Nc1ccc2c(c1C(=O)O)OCC2N. The van der Waals surface area contributed by atoms with Gasteiger partial charge in [0.05, 0.1) is 6.04 Å². The van der Waals surface area contributed by atoms with Crippen molar-refractivity contribution in [2.45, 2.75) is 6.04 Å². The molecule has 1 unspecified atom stereocenters. The maximum absolute atomic E-state index is 10.9. The second kappa shape index (κ2) is 2.88. The number of carboxylic acid groups (broad SMARTS) is 1. The first-order valence-electron chi connectivity index (χ1n) is 4.15. The van der Waals surface area contributed by atoms with Crippen LogP contribution in [-0.2, 0) is 0 Å². The lowest BCUT2D eigenvalue weighted by atomic mass is 10.0. The number of rotatable bonds is 1. The molecule has 5 heteroatoms. The second-order valence-electron chi connectivity index (χ2n) is 3.17. The molecule has 74 valence electrons. The van der Waals surface area contributed by atoms with Gasteiger partial charge < -0.3 is 21.3 Å². The van der Waals surface area contributed by atoms with Gasteiger partial charge in [-0.2, -0.15) is 0 Å². The minimum atomic E-state index is -1.09. The number of ether oxygens (including phenoxy) is 1. The highest BCUT2D eigenvalue weighted by atomic mass is 16.5. The van der Waals surface area contributed by atoms with Gasteiger partial charge >= 0.3 is 5.97 Å². The Bertz CT molecular complexity index is 403. The van der Waals surface area contributed by atoms with E-state index in [1.165, 1.54) is 6.07 Å². The Morgan fingerprint density at radius 2 is 2.29 bits per heavy atom. The summed E-state index contributed by atoms with van der Waals surface area (Å²) in [5.41, 5.74) is 12.2. The van der Waals surface area contributed by atoms with Crippen LogP contribution in [0.5, 0.6) is 5.75 Å². The molecule has 0 fully saturated rings. The van der Waals surface area contributed by atoms with Crippen molar-refractivity contribution in [3.63, 3.8) is 0 Å². The molecule has 1 heterocycles. The molecule has 0 bridgehead atoms. The summed E-state index contributed by atoms with van der Waals surface area (Å²) in [5, 5.41) is 8.92. The highest BCUT2D eigenvalue weighted by Gasteiger charge is 2.27. The summed E-state index contributed by atoms with van der Waals surface area (Å²) < 4.78 is 5.20. The van der Waals surface area contributed by atoms with Crippen LogP contribution in [0.3, 0.4) is 0 Å². The Labute approximate surface area is 80.3 Å². The summed E-state index contributed by atoms with van der Waals surface area (Å²) in [7, 11) is 0. The zero-order valence-corrected chi connectivity index (χ0v) is 7.36. The predicted octanol–water partition coefficient (Wildman–Crippen LogP) is 0.359. The van der Waals surface area contributed by atoms with Gasteiger partial charge in [0.25, 0.3) is 0 Å². The molecule has 0 spiro atoms. The molecule has 1 aliphatic rings. The molecule has 1 aromatic carbocycles.